The molecule has 0 amide bonds. The summed E-state index contributed by atoms with van der Waals surface area (Å²) in [6.07, 6.45) is 7.65. The van der Waals surface area contributed by atoms with Crippen molar-refractivity contribution < 1.29 is 0 Å². The Morgan fingerprint density at radius 2 is 2.33 bits per heavy atom. The average molecular weight is 124 g/mol. The van der Waals surface area contributed by atoms with Gasteiger partial charge in [0.2, 0.25) is 0 Å². The lowest BCUT2D eigenvalue weighted by Gasteiger charge is -2.05. The summed E-state index contributed by atoms with van der Waals surface area (Å²) in [7, 11) is 0. The predicted octanol–water partition coefficient (Wildman–Crippen LogP) is 3.00. The first-order valence-electron chi connectivity index (χ1n) is 3.94. The van der Waals surface area contributed by atoms with Crippen molar-refractivity contribution in [3.8, 4) is 0 Å². The number of rotatable bonds is 4. The van der Waals surface area contributed by atoms with Gasteiger partial charge in [0, 0.05) is 0 Å². The van der Waals surface area contributed by atoms with E-state index >= 15 is 0 Å². The molecule has 0 nitrogen and oxygen atoms in total. The first-order valence-corrected chi connectivity index (χ1v) is 3.94. The third kappa shape index (κ3) is 2.69. The standard InChI is InChI=1S/C9H16/c1-3-4-8(2)7-9-5-6-9/h3,8-9H,1,4-7H2,2H3. The highest BCUT2D eigenvalue weighted by atomic mass is 14.3. The van der Waals surface area contributed by atoms with Gasteiger partial charge in [-0.2, -0.15) is 0 Å². The maximum Gasteiger partial charge on any atom is -0.0327 e. The maximum absolute atomic E-state index is 3.73. The van der Waals surface area contributed by atoms with Gasteiger partial charge in [-0.05, 0) is 24.7 Å². The van der Waals surface area contributed by atoms with Crippen LogP contribution in [-0.2, 0) is 0 Å². The van der Waals surface area contributed by atoms with Crippen LogP contribution in [0.15, 0.2) is 12.7 Å². The molecule has 1 unspecified atom stereocenters. The Morgan fingerprint density at radius 1 is 1.67 bits per heavy atom. The van der Waals surface area contributed by atoms with Gasteiger partial charge in [-0.25, -0.2) is 0 Å². The van der Waals surface area contributed by atoms with Gasteiger partial charge in [0.05, 0.1) is 0 Å². The smallest absolute Gasteiger partial charge is 0.0327 e. The molecule has 0 spiro atoms. The predicted molar refractivity (Wildman–Crippen MR) is 41.3 cm³/mol. The number of hydrogen-bond acceptors (Lipinski definition) is 0. The van der Waals surface area contributed by atoms with E-state index in [0.29, 0.717) is 0 Å². The van der Waals surface area contributed by atoms with E-state index in [1.165, 1.54) is 25.7 Å². The Bertz CT molecular complexity index is 90.2. The van der Waals surface area contributed by atoms with Crippen LogP contribution in [-0.4, -0.2) is 0 Å². The number of hydrogen-bond donors (Lipinski definition) is 0. The molecule has 0 aromatic carbocycles. The van der Waals surface area contributed by atoms with E-state index in [-0.39, 0.29) is 0 Å². The van der Waals surface area contributed by atoms with E-state index in [1.807, 2.05) is 6.08 Å². The van der Waals surface area contributed by atoms with Crippen LogP contribution in [0.1, 0.15) is 32.6 Å². The third-order valence-corrected chi connectivity index (χ3v) is 2.00. The van der Waals surface area contributed by atoms with Crippen molar-refractivity contribution >= 4 is 0 Å². The Balaban J connectivity index is 2.01. The molecule has 1 aliphatic rings. The van der Waals surface area contributed by atoms with Crippen LogP contribution >= 0.6 is 0 Å². The highest BCUT2D eigenvalue weighted by molar-refractivity contribution is 4.78. The topological polar surface area (TPSA) is 0 Å². The van der Waals surface area contributed by atoms with E-state index in [1.54, 1.807) is 0 Å². The van der Waals surface area contributed by atoms with Crippen LogP contribution < -0.4 is 0 Å². The summed E-state index contributed by atoms with van der Waals surface area (Å²) in [4.78, 5) is 0. The van der Waals surface area contributed by atoms with Crippen LogP contribution in [0.3, 0.4) is 0 Å². The van der Waals surface area contributed by atoms with Crippen molar-refractivity contribution in [2.75, 3.05) is 0 Å². The second-order valence-corrected chi connectivity index (χ2v) is 3.31. The summed E-state index contributed by atoms with van der Waals surface area (Å²) in [5.74, 6) is 1.97. The summed E-state index contributed by atoms with van der Waals surface area (Å²) in [5, 5.41) is 0. The van der Waals surface area contributed by atoms with Gasteiger partial charge in [0.25, 0.3) is 0 Å². The molecular weight excluding hydrogens is 108 g/mol. The molecule has 1 fully saturated rings. The molecule has 0 heterocycles. The van der Waals surface area contributed by atoms with Crippen LogP contribution in [0.5, 0.6) is 0 Å². The lowest BCUT2D eigenvalue weighted by molar-refractivity contribution is 0.503. The zero-order valence-electron chi connectivity index (χ0n) is 6.27. The summed E-state index contributed by atoms with van der Waals surface area (Å²) in [6.45, 7) is 6.05. The average Bonchev–Trinajstić information content (AvgIpc) is 2.50. The fourth-order valence-electron chi connectivity index (χ4n) is 1.30. The SMILES string of the molecule is C=CCC(C)CC1CC1. The largest absolute Gasteiger partial charge is 0.103 e. The quantitative estimate of drug-likeness (QED) is 0.505. The van der Waals surface area contributed by atoms with Gasteiger partial charge in [-0.1, -0.05) is 25.8 Å². The first-order chi connectivity index (χ1) is 4.33. The van der Waals surface area contributed by atoms with Crippen molar-refractivity contribution in [2.45, 2.75) is 32.6 Å². The van der Waals surface area contributed by atoms with Crippen molar-refractivity contribution in [1.29, 1.82) is 0 Å². The molecule has 1 saturated carbocycles. The Kier molecular flexibility index (Phi) is 2.32. The molecule has 52 valence electrons. The van der Waals surface area contributed by atoms with Crippen LogP contribution in [0.25, 0.3) is 0 Å². The zero-order chi connectivity index (χ0) is 6.69. The summed E-state index contributed by atoms with van der Waals surface area (Å²) in [6, 6.07) is 0. The zero-order valence-corrected chi connectivity index (χ0v) is 6.27. The van der Waals surface area contributed by atoms with E-state index < -0.39 is 0 Å². The molecule has 0 aliphatic heterocycles. The second-order valence-electron chi connectivity index (χ2n) is 3.31. The molecule has 1 atom stereocenters. The van der Waals surface area contributed by atoms with E-state index in [4.69, 9.17) is 0 Å². The molecule has 1 aliphatic carbocycles. The normalized spacial score (nSPS) is 21.4. The van der Waals surface area contributed by atoms with Gasteiger partial charge < -0.3 is 0 Å². The molecule has 0 bridgehead atoms. The molecule has 0 aromatic heterocycles. The minimum absolute atomic E-state index is 0.884. The maximum atomic E-state index is 3.73. The van der Waals surface area contributed by atoms with Gasteiger partial charge in [0.1, 0.15) is 0 Å². The summed E-state index contributed by atoms with van der Waals surface area (Å²) < 4.78 is 0. The minimum Gasteiger partial charge on any atom is -0.103 e. The fourth-order valence-corrected chi connectivity index (χ4v) is 1.30. The van der Waals surface area contributed by atoms with Crippen molar-refractivity contribution in [3.05, 3.63) is 12.7 Å². The van der Waals surface area contributed by atoms with E-state index in [9.17, 15) is 0 Å². The minimum atomic E-state index is 0.884. The molecule has 0 saturated heterocycles. The van der Waals surface area contributed by atoms with Gasteiger partial charge >= 0.3 is 0 Å². The van der Waals surface area contributed by atoms with Gasteiger partial charge in [-0.3, -0.25) is 0 Å². The third-order valence-electron chi connectivity index (χ3n) is 2.00. The molecule has 9 heavy (non-hydrogen) atoms. The van der Waals surface area contributed by atoms with E-state index in [2.05, 4.69) is 13.5 Å². The van der Waals surface area contributed by atoms with Gasteiger partial charge in [-0.15, -0.1) is 6.58 Å². The summed E-state index contributed by atoms with van der Waals surface area (Å²) in [5.41, 5.74) is 0. The summed E-state index contributed by atoms with van der Waals surface area (Å²) >= 11 is 0. The lowest BCUT2D eigenvalue weighted by Crippen LogP contribution is -1.92. The van der Waals surface area contributed by atoms with E-state index in [0.717, 1.165) is 11.8 Å². The van der Waals surface area contributed by atoms with Crippen LogP contribution in [0, 0.1) is 11.8 Å². The lowest BCUT2D eigenvalue weighted by atomic mass is 10.0. The Hall–Kier alpha value is -0.260. The highest BCUT2D eigenvalue weighted by Crippen LogP contribution is 2.35. The van der Waals surface area contributed by atoms with Crippen molar-refractivity contribution in [3.63, 3.8) is 0 Å². The van der Waals surface area contributed by atoms with Gasteiger partial charge in [0.15, 0.2) is 0 Å². The monoisotopic (exact) mass is 124 g/mol. The molecule has 1 rings (SSSR count). The Labute approximate surface area is 58.0 Å². The molecule has 0 heteroatoms. The van der Waals surface area contributed by atoms with Crippen LogP contribution in [0.2, 0.25) is 0 Å². The van der Waals surface area contributed by atoms with Crippen LogP contribution in [0.4, 0.5) is 0 Å². The molecule has 0 aromatic rings. The van der Waals surface area contributed by atoms with Crippen molar-refractivity contribution in [2.24, 2.45) is 11.8 Å². The molecular formula is C9H16. The van der Waals surface area contributed by atoms with Crippen molar-refractivity contribution in [1.82, 2.24) is 0 Å². The first kappa shape index (κ1) is 6.85. The molecule has 0 N–H and O–H groups in total. The Morgan fingerprint density at radius 3 is 2.78 bits per heavy atom. The number of allylic oxidation sites excluding steroid dienone is 1. The second kappa shape index (κ2) is 3.05. The fraction of sp³-hybridized carbons (Fsp3) is 0.778. The highest BCUT2D eigenvalue weighted by Gasteiger charge is 2.22. The molecule has 0 radical (unpaired) electrons.